The summed E-state index contributed by atoms with van der Waals surface area (Å²) in [5.74, 6) is 0.803. The number of rotatable bonds is 30. The van der Waals surface area contributed by atoms with Gasteiger partial charge in [0.15, 0.2) is 0 Å². The molecule has 0 aromatic heterocycles. The van der Waals surface area contributed by atoms with Gasteiger partial charge in [-0.3, -0.25) is 0 Å². The van der Waals surface area contributed by atoms with Crippen LogP contribution in [0.2, 0.25) is 12.1 Å². The van der Waals surface area contributed by atoms with Crippen molar-refractivity contribution in [1.29, 1.82) is 0 Å². The molecule has 0 aliphatic rings. The molecule has 0 fully saturated rings. The highest BCUT2D eigenvalue weighted by molar-refractivity contribution is 6.61. The van der Waals surface area contributed by atoms with Crippen molar-refractivity contribution in [3.05, 3.63) is 0 Å². The molecule has 0 unspecified atom stereocenters. The van der Waals surface area contributed by atoms with Crippen molar-refractivity contribution in [2.45, 2.75) is 169 Å². The van der Waals surface area contributed by atoms with Crippen LogP contribution in [0.5, 0.6) is 0 Å². The fourth-order valence-corrected chi connectivity index (χ4v) is 9.65. The van der Waals surface area contributed by atoms with Gasteiger partial charge in [-0.15, -0.1) is 0 Å². The highest BCUT2D eigenvalue weighted by Gasteiger charge is 2.39. The van der Waals surface area contributed by atoms with Crippen molar-refractivity contribution in [3.8, 4) is 0 Å². The van der Waals surface area contributed by atoms with Crippen LogP contribution >= 0.6 is 0 Å². The van der Waals surface area contributed by atoms with Gasteiger partial charge in [0, 0.05) is 53.2 Å². The Kier molecular flexibility index (Phi) is 33.4. The van der Waals surface area contributed by atoms with Crippen LogP contribution in [0.4, 0.5) is 0 Å². The van der Waals surface area contributed by atoms with Crippen LogP contribution in [-0.2, 0) is 26.6 Å². The Morgan fingerprint density at radius 3 is 1.05 bits per heavy atom. The van der Waals surface area contributed by atoms with Gasteiger partial charge in [-0.25, -0.2) is 0 Å². The van der Waals surface area contributed by atoms with E-state index in [-0.39, 0.29) is 0 Å². The van der Waals surface area contributed by atoms with E-state index in [1.807, 2.05) is 20.8 Å². The molecule has 0 bridgehead atoms. The molecule has 0 saturated carbocycles. The topological polar surface area (TPSA) is 55.4 Å². The smallest absolute Gasteiger partial charge is 0.377 e. The van der Waals surface area contributed by atoms with Gasteiger partial charge in [0.2, 0.25) is 0 Å². The lowest BCUT2D eigenvalue weighted by Crippen LogP contribution is -2.45. The van der Waals surface area contributed by atoms with E-state index in [0.29, 0.717) is 19.8 Å². The molecule has 250 valence electrons. The van der Waals surface area contributed by atoms with Crippen LogP contribution in [0.15, 0.2) is 0 Å². The SMILES string of the molecule is CCCCCCCCCCCCCCCC[Si](OC)(OC)OC.CCO[Si](CCCCCC(C)C)(OCC)OCC. The molecular formula is C33H74O6Si2. The van der Waals surface area contributed by atoms with Gasteiger partial charge in [0.05, 0.1) is 0 Å². The second-order valence-corrected chi connectivity index (χ2v) is 17.4. The van der Waals surface area contributed by atoms with E-state index >= 15 is 0 Å². The van der Waals surface area contributed by atoms with E-state index in [1.165, 1.54) is 103 Å². The Labute approximate surface area is 260 Å². The van der Waals surface area contributed by atoms with Gasteiger partial charge in [0.25, 0.3) is 0 Å². The molecule has 0 spiro atoms. The summed E-state index contributed by atoms with van der Waals surface area (Å²) in [6.07, 6.45) is 24.4. The van der Waals surface area contributed by atoms with Gasteiger partial charge in [-0.05, 0) is 39.5 Å². The predicted molar refractivity (Wildman–Crippen MR) is 181 cm³/mol. The molecule has 0 atom stereocenters. The standard InChI is InChI=1S/C19H42O3Si.C14H32O3Si/c1-5-6-7-8-9-10-11-12-13-14-15-16-17-18-19-23(20-2,21-3)22-4;1-6-15-18(16-7-2,17-8-3)13-11-9-10-12-14(4)5/h5-19H2,1-4H3;14H,6-13H2,1-5H3. The summed E-state index contributed by atoms with van der Waals surface area (Å²) >= 11 is 0. The molecular weight excluding hydrogens is 549 g/mol. The first-order valence-corrected chi connectivity index (χ1v) is 21.3. The molecule has 41 heavy (non-hydrogen) atoms. The summed E-state index contributed by atoms with van der Waals surface area (Å²) < 4.78 is 33.8. The molecule has 0 aliphatic carbocycles. The third kappa shape index (κ3) is 26.3. The fourth-order valence-electron chi connectivity index (χ4n) is 5.16. The van der Waals surface area contributed by atoms with Crippen molar-refractivity contribution >= 4 is 17.6 Å². The van der Waals surface area contributed by atoms with Gasteiger partial charge in [-0.1, -0.05) is 124 Å². The lowest BCUT2D eigenvalue weighted by Gasteiger charge is -2.28. The minimum atomic E-state index is -2.37. The average Bonchev–Trinajstić information content (AvgIpc) is 2.96. The predicted octanol–water partition coefficient (Wildman–Crippen LogP) is 10.6. The fraction of sp³-hybridized carbons (Fsp3) is 1.00. The Bertz CT molecular complexity index is 481. The number of unbranched alkanes of at least 4 members (excludes halogenated alkanes) is 15. The molecule has 0 radical (unpaired) electrons. The molecule has 0 saturated heterocycles. The highest BCUT2D eigenvalue weighted by Crippen LogP contribution is 2.21. The maximum atomic E-state index is 5.83. The van der Waals surface area contributed by atoms with Crippen LogP contribution in [0, 0.1) is 5.92 Å². The highest BCUT2D eigenvalue weighted by atomic mass is 28.4. The van der Waals surface area contributed by atoms with Crippen LogP contribution in [0.3, 0.4) is 0 Å². The van der Waals surface area contributed by atoms with E-state index in [2.05, 4.69) is 20.8 Å². The van der Waals surface area contributed by atoms with Crippen molar-refractivity contribution in [1.82, 2.24) is 0 Å². The second-order valence-electron chi connectivity index (χ2n) is 11.6. The zero-order valence-corrected chi connectivity index (χ0v) is 31.3. The zero-order chi connectivity index (χ0) is 31.1. The molecule has 6 nitrogen and oxygen atoms in total. The number of hydrogen-bond acceptors (Lipinski definition) is 6. The maximum absolute atomic E-state index is 5.83. The molecule has 0 heterocycles. The van der Waals surface area contributed by atoms with E-state index in [0.717, 1.165) is 30.8 Å². The van der Waals surface area contributed by atoms with Gasteiger partial charge >= 0.3 is 17.6 Å². The minimum absolute atomic E-state index is 0.679. The second kappa shape index (κ2) is 31.6. The summed E-state index contributed by atoms with van der Waals surface area (Å²) in [6, 6.07) is 1.90. The first kappa shape index (κ1) is 43.3. The molecule has 0 aromatic rings. The summed E-state index contributed by atoms with van der Waals surface area (Å²) in [5, 5.41) is 0. The Morgan fingerprint density at radius 1 is 0.415 bits per heavy atom. The van der Waals surface area contributed by atoms with E-state index in [9.17, 15) is 0 Å². The largest absolute Gasteiger partial charge is 0.500 e. The van der Waals surface area contributed by atoms with Crippen molar-refractivity contribution in [2.24, 2.45) is 5.92 Å². The minimum Gasteiger partial charge on any atom is -0.377 e. The van der Waals surface area contributed by atoms with Crippen molar-refractivity contribution in [3.63, 3.8) is 0 Å². The first-order chi connectivity index (χ1) is 19.8. The van der Waals surface area contributed by atoms with E-state index in [4.69, 9.17) is 26.6 Å². The van der Waals surface area contributed by atoms with Crippen LogP contribution in [0.25, 0.3) is 0 Å². The van der Waals surface area contributed by atoms with E-state index in [1.54, 1.807) is 21.3 Å². The molecule has 0 aliphatic heterocycles. The van der Waals surface area contributed by atoms with Gasteiger partial charge in [0.1, 0.15) is 0 Å². The van der Waals surface area contributed by atoms with Crippen molar-refractivity contribution in [2.75, 3.05) is 41.2 Å². The molecule has 0 rings (SSSR count). The molecule has 0 amide bonds. The van der Waals surface area contributed by atoms with Gasteiger partial charge in [-0.2, -0.15) is 0 Å². The normalized spacial score (nSPS) is 12.1. The van der Waals surface area contributed by atoms with Crippen LogP contribution in [-0.4, -0.2) is 58.8 Å². The molecule has 0 N–H and O–H groups in total. The monoisotopic (exact) mass is 623 g/mol. The lowest BCUT2D eigenvalue weighted by atomic mass is 10.0. The zero-order valence-electron chi connectivity index (χ0n) is 29.3. The third-order valence-corrected chi connectivity index (χ3v) is 13.6. The quantitative estimate of drug-likeness (QED) is 0.0587. The summed E-state index contributed by atoms with van der Waals surface area (Å²) in [6.45, 7) is 14.9. The lowest BCUT2D eigenvalue weighted by molar-refractivity contribution is 0.0706. The molecule has 0 aromatic carbocycles. The van der Waals surface area contributed by atoms with Crippen LogP contribution < -0.4 is 0 Å². The maximum Gasteiger partial charge on any atom is 0.500 e. The molecule has 8 heteroatoms. The summed E-state index contributed by atoms with van der Waals surface area (Å²) in [4.78, 5) is 0. The Balaban J connectivity index is 0. The number of hydrogen-bond donors (Lipinski definition) is 0. The summed E-state index contributed by atoms with van der Waals surface area (Å²) in [5.41, 5.74) is 0. The summed E-state index contributed by atoms with van der Waals surface area (Å²) in [7, 11) is 0.399. The van der Waals surface area contributed by atoms with E-state index < -0.39 is 17.6 Å². The Morgan fingerprint density at radius 2 is 0.732 bits per heavy atom. The van der Waals surface area contributed by atoms with Crippen LogP contribution in [0.1, 0.15) is 157 Å². The average molecular weight is 623 g/mol. The van der Waals surface area contributed by atoms with Gasteiger partial charge < -0.3 is 26.6 Å². The van der Waals surface area contributed by atoms with Crippen molar-refractivity contribution < 1.29 is 26.6 Å². The Hall–Kier alpha value is 0.194. The first-order valence-electron chi connectivity index (χ1n) is 17.4. The third-order valence-electron chi connectivity index (χ3n) is 7.63.